The molecule has 1 fully saturated rings. The Morgan fingerprint density at radius 3 is 2.43 bits per heavy atom. The quantitative estimate of drug-likeness (QED) is 0.737. The second kappa shape index (κ2) is 5.72. The molecule has 4 nitrogen and oxygen atoms in total. The number of hydrogen-bond donors (Lipinski definition) is 0. The third-order valence-electron chi connectivity index (χ3n) is 3.28. The Morgan fingerprint density at radius 1 is 1.29 bits per heavy atom. The van der Waals surface area contributed by atoms with Crippen molar-refractivity contribution in [1.29, 1.82) is 0 Å². The number of nitrogens with zero attached hydrogens (tertiary/aromatic N) is 1. The fourth-order valence-corrected chi connectivity index (χ4v) is 2.45. The number of amides is 1. The average molecular weight is 287 g/mol. The first kappa shape index (κ1) is 15.3. The lowest BCUT2D eigenvalue weighted by Crippen LogP contribution is -2.35. The summed E-state index contributed by atoms with van der Waals surface area (Å²) in [4.78, 5) is 26.1. The highest BCUT2D eigenvalue weighted by atomic mass is 16.6. The van der Waals surface area contributed by atoms with Crippen LogP contribution in [0.1, 0.15) is 45.7 Å². The highest BCUT2D eigenvalue weighted by molar-refractivity contribution is 6.01. The molecule has 1 amide bonds. The van der Waals surface area contributed by atoms with Crippen LogP contribution in [0.15, 0.2) is 42.1 Å². The topological polar surface area (TPSA) is 46.6 Å². The summed E-state index contributed by atoms with van der Waals surface area (Å²) in [6, 6.07) is 9.28. The van der Waals surface area contributed by atoms with Gasteiger partial charge in [-0.05, 0) is 33.3 Å². The van der Waals surface area contributed by atoms with Crippen LogP contribution in [0.2, 0.25) is 0 Å². The van der Waals surface area contributed by atoms with E-state index in [0.717, 1.165) is 5.56 Å². The van der Waals surface area contributed by atoms with Gasteiger partial charge in [-0.25, -0.2) is 4.79 Å². The largest absolute Gasteiger partial charge is 0.443 e. The summed E-state index contributed by atoms with van der Waals surface area (Å²) in [6.45, 7) is 7.21. The normalized spacial score (nSPS) is 21.0. The smallest absolute Gasteiger partial charge is 0.415 e. The molecule has 1 aromatic carbocycles. The van der Waals surface area contributed by atoms with E-state index in [4.69, 9.17) is 4.74 Å². The first-order valence-corrected chi connectivity index (χ1v) is 7.10. The van der Waals surface area contributed by atoms with Gasteiger partial charge in [0.1, 0.15) is 5.60 Å². The van der Waals surface area contributed by atoms with E-state index in [0.29, 0.717) is 12.1 Å². The molecule has 4 heteroatoms. The molecule has 1 aliphatic rings. The van der Waals surface area contributed by atoms with Crippen molar-refractivity contribution < 1.29 is 14.3 Å². The SMILES string of the molecule is C/C=C1/C(=O)C[C@H](c2ccccc2)N1C(=O)OC(C)(C)C. The van der Waals surface area contributed by atoms with Crippen LogP contribution >= 0.6 is 0 Å². The predicted octanol–water partition coefficient (Wildman–Crippen LogP) is 3.84. The van der Waals surface area contributed by atoms with Gasteiger partial charge in [-0.1, -0.05) is 36.4 Å². The Hall–Kier alpha value is -2.10. The molecule has 0 unspecified atom stereocenters. The fourth-order valence-electron chi connectivity index (χ4n) is 2.45. The maximum absolute atomic E-state index is 12.5. The summed E-state index contributed by atoms with van der Waals surface area (Å²) >= 11 is 0. The first-order chi connectivity index (χ1) is 9.83. The van der Waals surface area contributed by atoms with E-state index in [1.165, 1.54) is 4.90 Å². The summed E-state index contributed by atoms with van der Waals surface area (Å²) < 4.78 is 5.45. The second-order valence-electron chi connectivity index (χ2n) is 6.08. The zero-order valence-electron chi connectivity index (χ0n) is 12.9. The van der Waals surface area contributed by atoms with Crippen LogP contribution in [0.5, 0.6) is 0 Å². The lowest BCUT2D eigenvalue weighted by atomic mass is 10.0. The van der Waals surface area contributed by atoms with Crippen molar-refractivity contribution in [2.24, 2.45) is 0 Å². The summed E-state index contributed by atoms with van der Waals surface area (Å²) in [6.07, 6.45) is 1.49. The highest BCUT2D eigenvalue weighted by Crippen LogP contribution is 2.37. The van der Waals surface area contributed by atoms with Gasteiger partial charge in [0, 0.05) is 6.42 Å². The molecule has 112 valence electrons. The molecule has 0 bridgehead atoms. The van der Waals surface area contributed by atoms with E-state index in [1.807, 2.05) is 51.1 Å². The van der Waals surface area contributed by atoms with Crippen LogP contribution in [-0.2, 0) is 9.53 Å². The van der Waals surface area contributed by atoms with Crippen LogP contribution in [-0.4, -0.2) is 22.4 Å². The van der Waals surface area contributed by atoms with E-state index in [9.17, 15) is 9.59 Å². The molecule has 1 aromatic rings. The molecule has 0 radical (unpaired) electrons. The Labute approximate surface area is 125 Å². The number of ether oxygens (including phenoxy) is 1. The number of carbonyl (C=O) groups is 2. The molecule has 1 saturated heterocycles. The Kier molecular flexibility index (Phi) is 4.16. The molecular formula is C17H21NO3. The van der Waals surface area contributed by atoms with Gasteiger partial charge in [-0.15, -0.1) is 0 Å². The Balaban J connectivity index is 2.36. The van der Waals surface area contributed by atoms with Crippen LogP contribution in [0.25, 0.3) is 0 Å². The van der Waals surface area contributed by atoms with Crippen LogP contribution < -0.4 is 0 Å². The van der Waals surface area contributed by atoms with E-state index >= 15 is 0 Å². The van der Waals surface area contributed by atoms with Crippen molar-refractivity contribution in [2.45, 2.75) is 45.8 Å². The molecule has 0 aromatic heterocycles. The van der Waals surface area contributed by atoms with E-state index in [-0.39, 0.29) is 11.8 Å². The number of carbonyl (C=O) groups excluding carboxylic acids is 2. The minimum Gasteiger partial charge on any atom is -0.443 e. The van der Waals surface area contributed by atoms with Gasteiger partial charge in [0.2, 0.25) is 0 Å². The van der Waals surface area contributed by atoms with E-state index in [2.05, 4.69) is 0 Å². The summed E-state index contributed by atoms with van der Waals surface area (Å²) in [7, 11) is 0. The fraction of sp³-hybridized carbons (Fsp3) is 0.412. The lowest BCUT2D eigenvalue weighted by molar-refractivity contribution is -0.114. The van der Waals surface area contributed by atoms with Gasteiger partial charge in [0.15, 0.2) is 5.78 Å². The van der Waals surface area contributed by atoms with Gasteiger partial charge >= 0.3 is 6.09 Å². The van der Waals surface area contributed by atoms with Gasteiger partial charge < -0.3 is 4.74 Å². The third kappa shape index (κ3) is 3.32. The molecule has 1 atom stereocenters. The number of likely N-dealkylation sites (tertiary alicyclic amines) is 1. The molecule has 0 saturated carbocycles. The molecule has 0 N–H and O–H groups in total. The molecule has 0 aliphatic carbocycles. The van der Waals surface area contributed by atoms with Crippen molar-refractivity contribution in [1.82, 2.24) is 4.90 Å². The first-order valence-electron chi connectivity index (χ1n) is 7.10. The minimum absolute atomic E-state index is 0.0304. The molecule has 1 heterocycles. The summed E-state index contributed by atoms with van der Waals surface area (Å²) in [5.41, 5.74) is 0.759. The molecule has 21 heavy (non-hydrogen) atoms. The van der Waals surface area contributed by atoms with Crippen molar-refractivity contribution in [3.05, 3.63) is 47.7 Å². The highest BCUT2D eigenvalue weighted by Gasteiger charge is 2.41. The monoisotopic (exact) mass is 287 g/mol. The molecule has 0 spiro atoms. The third-order valence-corrected chi connectivity index (χ3v) is 3.28. The van der Waals surface area contributed by atoms with Crippen LogP contribution in [0, 0.1) is 0 Å². The van der Waals surface area contributed by atoms with Gasteiger partial charge in [0.25, 0.3) is 0 Å². The zero-order valence-corrected chi connectivity index (χ0v) is 12.9. The maximum atomic E-state index is 12.5. The summed E-state index contributed by atoms with van der Waals surface area (Å²) in [5, 5.41) is 0. The molecule has 1 aliphatic heterocycles. The van der Waals surface area contributed by atoms with Crippen LogP contribution in [0.3, 0.4) is 0 Å². The maximum Gasteiger partial charge on any atom is 0.415 e. The lowest BCUT2D eigenvalue weighted by Gasteiger charge is -2.28. The predicted molar refractivity (Wildman–Crippen MR) is 80.6 cm³/mol. The number of Topliss-reactive ketones (excluding diaryl/α,β-unsaturated/α-hetero) is 1. The number of benzene rings is 1. The Bertz CT molecular complexity index is 569. The van der Waals surface area contributed by atoms with Crippen molar-refractivity contribution in [3.8, 4) is 0 Å². The number of hydrogen-bond acceptors (Lipinski definition) is 3. The summed E-state index contributed by atoms with van der Waals surface area (Å²) in [5.74, 6) is -0.0304. The number of allylic oxidation sites excluding steroid dienone is 2. The zero-order chi connectivity index (χ0) is 15.6. The van der Waals surface area contributed by atoms with Crippen LogP contribution in [0.4, 0.5) is 4.79 Å². The van der Waals surface area contributed by atoms with Gasteiger partial charge in [-0.3, -0.25) is 9.69 Å². The van der Waals surface area contributed by atoms with Crippen molar-refractivity contribution in [2.75, 3.05) is 0 Å². The van der Waals surface area contributed by atoms with Gasteiger partial charge in [0.05, 0.1) is 11.7 Å². The minimum atomic E-state index is -0.594. The number of ketones is 1. The van der Waals surface area contributed by atoms with Crippen molar-refractivity contribution in [3.63, 3.8) is 0 Å². The standard InChI is InChI=1S/C17H21NO3/c1-5-13-15(19)11-14(12-9-7-6-8-10-12)18(13)16(20)21-17(2,3)4/h5-10,14H,11H2,1-4H3/b13-5-/t14-/m1/s1. The Morgan fingerprint density at radius 2 is 1.90 bits per heavy atom. The van der Waals surface area contributed by atoms with Crippen molar-refractivity contribution >= 4 is 11.9 Å². The van der Waals surface area contributed by atoms with E-state index in [1.54, 1.807) is 13.0 Å². The molecular weight excluding hydrogens is 266 g/mol. The van der Waals surface area contributed by atoms with Gasteiger partial charge in [-0.2, -0.15) is 0 Å². The van der Waals surface area contributed by atoms with E-state index < -0.39 is 11.7 Å². The average Bonchev–Trinajstić information content (AvgIpc) is 2.74. The molecule has 2 rings (SSSR count). The second-order valence-corrected chi connectivity index (χ2v) is 6.08. The number of rotatable bonds is 1.